The summed E-state index contributed by atoms with van der Waals surface area (Å²) in [5, 5.41) is 1.30. The van der Waals surface area contributed by atoms with Crippen LogP contribution in [0.1, 0.15) is 40.5 Å². The number of rotatable bonds is 5. The van der Waals surface area contributed by atoms with Crippen LogP contribution in [0.3, 0.4) is 0 Å². The second kappa shape index (κ2) is 5.40. The van der Waals surface area contributed by atoms with E-state index in [1.54, 1.807) is 0 Å². The molecule has 0 amide bonds. The molecule has 0 heterocycles. The Morgan fingerprint density at radius 3 is 2.38 bits per heavy atom. The lowest BCUT2D eigenvalue weighted by Crippen LogP contribution is -2.30. The molecular formula is C9H19NO2S. The third-order valence-corrected chi connectivity index (χ3v) is 3.34. The number of hydrogen-bond donors (Lipinski definition) is 1. The fourth-order valence-electron chi connectivity index (χ4n) is 0.746. The highest BCUT2D eigenvalue weighted by molar-refractivity contribution is 7.92. The van der Waals surface area contributed by atoms with Crippen LogP contribution in [0.2, 0.25) is 0 Å². The molecule has 0 aliphatic carbocycles. The summed E-state index contributed by atoms with van der Waals surface area (Å²) < 4.78 is 25.3. The van der Waals surface area contributed by atoms with Gasteiger partial charge in [-0.1, -0.05) is 19.4 Å². The van der Waals surface area contributed by atoms with Gasteiger partial charge in [0.2, 0.25) is 10.0 Å². The Morgan fingerprint density at radius 2 is 2.00 bits per heavy atom. The average Bonchev–Trinajstić information content (AvgIpc) is 2.02. The fourth-order valence-corrected chi connectivity index (χ4v) is 2.24. The van der Waals surface area contributed by atoms with E-state index in [9.17, 15) is 8.42 Å². The van der Waals surface area contributed by atoms with Gasteiger partial charge in [0.15, 0.2) is 0 Å². The summed E-state index contributed by atoms with van der Waals surface area (Å²) in [5.41, 5.74) is 0.871. The summed E-state index contributed by atoms with van der Waals surface area (Å²) in [4.78, 5) is 0. The van der Waals surface area contributed by atoms with Crippen LogP contribution in [0.15, 0.2) is 11.0 Å². The van der Waals surface area contributed by atoms with Gasteiger partial charge in [-0.05, 0) is 26.7 Å². The van der Waals surface area contributed by atoms with Crippen molar-refractivity contribution in [1.29, 1.82) is 0 Å². The van der Waals surface area contributed by atoms with Gasteiger partial charge in [0.05, 0.1) is 0 Å². The Hall–Kier alpha value is -0.350. The smallest absolute Gasteiger partial charge is 0.209 e. The lowest BCUT2D eigenvalue weighted by atomic mass is 10.3. The molecule has 0 aliphatic heterocycles. The first-order valence-electron chi connectivity index (χ1n) is 4.60. The van der Waals surface area contributed by atoms with Crippen LogP contribution in [0, 0.1) is 0 Å². The molecular weight excluding hydrogens is 186 g/mol. The maximum absolute atomic E-state index is 11.4. The Bertz CT molecular complexity index is 267. The molecule has 0 radical (unpaired) electrons. The average molecular weight is 205 g/mol. The highest BCUT2D eigenvalue weighted by Gasteiger charge is 2.09. The summed E-state index contributed by atoms with van der Waals surface area (Å²) in [6, 6.07) is 0.00547. The second-order valence-electron chi connectivity index (χ2n) is 3.29. The van der Waals surface area contributed by atoms with E-state index in [4.69, 9.17) is 0 Å². The SMILES string of the molecule is CC/C(C)=C/S(=O)(=O)NC(C)CC. The topological polar surface area (TPSA) is 46.2 Å². The van der Waals surface area contributed by atoms with E-state index in [1.807, 2.05) is 27.7 Å². The number of allylic oxidation sites excluding steroid dienone is 1. The van der Waals surface area contributed by atoms with Crippen molar-refractivity contribution in [1.82, 2.24) is 4.72 Å². The molecule has 0 aliphatic rings. The van der Waals surface area contributed by atoms with Crippen molar-refractivity contribution in [3.63, 3.8) is 0 Å². The van der Waals surface area contributed by atoms with Gasteiger partial charge in [-0.3, -0.25) is 0 Å². The van der Waals surface area contributed by atoms with E-state index in [0.29, 0.717) is 0 Å². The third kappa shape index (κ3) is 5.82. The van der Waals surface area contributed by atoms with Crippen molar-refractivity contribution < 1.29 is 8.42 Å². The number of nitrogens with one attached hydrogen (secondary N) is 1. The number of hydrogen-bond acceptors (Lipinski definition) is 2. The minimum absolute atomic E-state index is 0.00547. The molecule has 4 heteroatoms. The molecule has 0 saturated heterocycles. The standard InChI is InChI=1S/C9H19NO2S/c1-5-8(3)7-13(11,12)10-9(4)6-2/h7,9-10H,5-6H2,1-4H3/b8-7+. The maximum atomic E-state index is 11.4. The molecule has 0 spiro atoms. The zero-order chi connectivity index (χ0) is 10.5. The summed E-state index contributed by atoms with van der Waals surface area (Å²) in [6.07, 6.45) is 1.57. The predicted molar refractivity (Wildman–Crippen MR) is 55.9 cm³/mol. The van der Waals surface area contributed by atoms with Gasteiger partial charge in [-0.2, -0.15) is 0 Å². The van der Waals surface area contributed by atoms with Gasteiger partial charge in [-0.15, -0.1) is 0 Å². The van der Waals surface area contributed by atoms with E-state index in [2.05, 4.69) is 4.72 Å². The molecule has 3 nitrogen and oxygen atoms in total. The largest absolute Gasteiger partial charge is 0.233 e. The van der Waals surface area contributed by atoms with E-state index in [0.717, 1.165) is 18.4 Å². The molecule has 1 atom stereocenters. The molecule has 1 unspecified atom stereocenters. The lowest BCUT2D eigenvalue weighted by molar-refractivity contribution is 0.564. The molecule has 13 heavy (non-hydrogen) atoms. The zero-order valence-electron chi connectivity index (χ0n) is 8.79. The van der Waals surface area contributed by atoms with E-state index in [1.165, 1.54) is 5.41 Å². The van der Waals surface area contributed by atoms with Crippen LogP contribution < -0.4 is 4.72 Å². The Morgan fingerprint density at radius 1 is 1.46 bits per heavy atom. The predicted octanol–water partition coefficient (Wildman–Crippen LogP) is 2.02. The highest BCUT2D eigenvalue weighted by Crippen LogP contribution is 2.03. The van der Waals surface area contributed by atoms with E-state index in [-0.39, 0.29) is 6.04 Å². The van der Waals surface area contributed by atoms with Crippen LogP contribution in [0.5, 0.6) is 0 Å². The molecule has 1 N–H and O–H groups in total. The molecule has 0 bridgehead atoms. The van der Waals surface area contributed by atoms with Crippen LogP contribution in [-0.2, 0) is 10.0 Å². The van der Waals surface area contributed by atoms with Crippen LogP contribution in [0.4, 0.5) is 0 Å². The third-order valence-electron chi connectivity index (χ3n) is 1.89. The molecule has 0 saturated carbocycles. The van der Waals surface area contributed by atoms with Gasteiger partial charge in [0.25, 0.3) is 0 Å². The summed E-state index contributed by atoms with van der Waals surface area (Å²) in [6.45, 7) is 7.55. The first-order chi connectivity index (χ1) is 5.91. The summed E-state index contributed by atoms with van der Waals surface area (Å²) in [5.74, 6) is 0. The van der Waals surface area contributed by atoms with E-state index < -0.39 is 10.0 Å². The molecule has 0 aromatic rings. The van der Waals surface area contributed by atoms with Crippen molar-refractivity contribution >= 4 is 10.0 Å². The monoisotopic (exact) mass is 205 g/mol. The van der Waals surface area contributed by atoms with Crippen LogP contribution in [-0.4, -0.2) is 14.5 Å². The van der Waals surface area contributed by atoms with Crippen LogP contribution >= 0.6 is 0 Å². The van der Waals surface area contributed by atoms with Gasteiger partial charge < -0.3 is 0 Å². The first kappa shape index (κ1) is 12.7. The van der Waals surface area contributed by atoms with Crippen LogP contribution in [0.25, 0.3) is 0 Å². The molecule has 0 aromatic heterocycles. The first-order valence-corrected chi connectivity index (χ1v) is 6.15. The quantitative estimate of drug-likeness (QED) is 0.746. The van der Waals surface area contributed by atoms with Crippen molar-refractivity contribution in [2.24, 2.45) is 0 Å². The van der Waals surface area contributed by atoms with Crippen molar-refractivity contribution in [2.45, 2.75) is 46.6 Å². The van der Waals surface area contributed by atoms with Crippen molar-refractivity contribution in [2.75, 3.05) is 0 Å². The molecule has 0 aromatic carbocycles. The number of sulfonamides is 1. The second-order valence-corrected chi connectivity index (χ2v) is 4.85. The van der Waals surface area contributed by atoms with E-state index >= 15 is 0 Å². The zero-order valence-corrected chi connectivity index (χ0v) is 9.61. The van der Waals surface area contributed by atoms with Crippen molar-refractivity contribution in [3.05, 3.63) is 11.0 Å². The fraction of sp³-hybridized carbons (Fsp3) is 0.778. The normalized spacial score (nSPS) is 15.8. The van der Waals surface area contributed by atoms with Gasteiger partial charge >= 0.3 is 0 Å². The van der Waals surface area contributed by atoms with Gasteiger partial charge in [-0.25, -0.2) is 13.1 Å². The summed E-state index contributed by atoms with van der Waals surface area (Å²) in [7, 11) is -3.22. The molecule has 78 valence electrons. The molecule has 0 rings (SSSR count). The Balaban J connectivity index is 4.42. The highest BCUT2D eigenvalue weighted by atomic mass is 32.2. The summed E-state index contributed by atoms with van der Waals surface area (Å²) >= 11 is 0. The minimum Gasteiger partial charge on any atom is -0.209 e. The lowest BCUT2D eigenvalue weighted by Gasteiger charge is -2.09. The maximum Gasteiger partial charge on any atom is 0.233 e. The minimum atomic E-state index is -3.22. The molecule has 0 fully saturated rings. The Kier molecular flexibility index (Phi) is 5.25. The van der Waals surface area contributed by atoms with Gasteiger partial charge in [0, 0.05) is 11.4 Å². The van der Waals surface area contributed by atoms with Gasteiger partial charge in [0.1, 0.15) is 0 Å². The van der Waals surface area contributed by atoms with Crippen molar-refractivity contribution in [3.8, 4) is 0 Å². The Labute approximate surface area is 81.3 Å².